The fourth-order valence-corrected chi connectivity index (χ4v) is 6.83. The third kappa shape index (κ3) is 9.53. The van der Waals surface area contributed by atoms with Crippen molar-refractivity contribution in [1.29, 1.82) is 0 Å². The molecule has 47 heavy (non-hydrogen) atoms. The summed E-state index contributed by atoms with van der Waals surface area (Å²) < 4.78 is 55.7. The van der Waals surface area contributed by atoms with Gasteiger partial charge in [0, 0.05) is 55.8 Å². The molecule has 0 aromatic heterocycles. The summed E-state index contributed by atoms with van der Waals surface area (Å²) in [5, 5.41) is -0.984. The third-order valence-corrected chi connectivity index (χ3v) is 8.34. The van der Waals surface area contributed by atoms with Gasteiger partial charge < -0.3 is 52.3 Å². The number of nitrogens with zero attached hydrogens (tertiary/aromatic N) is 1. The molecule has 3 saturated heterocycles. The first-order valence-corrected chi connectivity index (χ1v) is 15.4. The highest BCUT2D eigenvalue weighted by molar-refractivity contribution is 8.01. The van der Waals surface area contributed by atoms with Crippen LogP contribution in [0.25, 0.3) is 0 Å². The molecule has 3 aliphatic rings. The Labute approximate surface area is 274 Å². The van der Waals surface area contributed by atoms with E-state index in [1.54, 1.807) is 0 Å². The maximum absolute atomic E-state index is 13.4. The van der Waals surface area contributed by atoms with Gasteiger partial charge in [0.15, 0.2) is 49.2 Å². The van der Waals surface area contributed by atoms with E-state index >= 15 is 0 Å². The van der Waals surface area contributed by atoms with Crippen molar-refractivity contribution in [1.82, 2.24) is 4.90 Å². The average molecular weight is 694 g/mol. The van der Waals surface area contributed by atoms with Crippen LogP contribution in [0.2, 0.25) is 0 Å². The minimum Gasteiger partial charge on any atom is -0.456 e. The van der Waals surface area contributed by atoms with Crippen LogP contribution >= 0.6 is 11.8 Å². The predicted octanol–water partition coefficient (Wildman–Crippen LogP) is -0.779. The zero-order chi connectivity index (χ0) is 35.2. The van der Waals surface area contributed by atoms with Crippen LogP contribution in [0.15, 0.2) is 0 Å². The van der Waals surface area contributed by atoms with Crippen molar-refractivity contribution < 1.29 is 80.9 Å². The van der Waals surface area contributed by atoms with Crippen molar-refractivity contribution in [2.45, 2.75) is 108 Å². The molecule has 1 unspecified atom stereocenters. The van der Waals surface area contributed by atoms with Crippen LogP contribution in [0.5, 0.6) is 0 Å². The van der Waals surface area contributed by atoms with E-state index in [1.165, 1.54) is 19.1 Å². The number of ether oxygens (including phenoxy) is 10. The lowest BCUT2D eigenvalue weighted by Crippen LogP contribution is -2.67. The highest BCUT2D eigenvalue weighted by Crippen LogP contribution is 2.39. The molecule has 0 aliphatic carbocycles. The quantitative estimate of drug-likeness (QED) is 0.192. The normalized spacial score (nSPS) is 33.7. The molecule has 0 aromatic carbocycles. The number of esters is 6. The summed E-state index contributed by atoms with van der Waals surface area (Å²) >= 11 is 1.08. The number of thioether (sulfide) groups is 1. The molecule has 3 rings (SSSR count). The molecule has 3 aliphatic heterocycles. The van der Waals surface area contributed by atoms with Crippen LogP contribution in [0.4, 0.5) is 0 Å². The Morgan fingerprint density at radius 1 is 0.617 bits per heavy atom. The smallest absolute Gasteiger partial charge is 0.303 e. The van der Waals surface area contributed by atoms with Crippen molar-refractivity contribution in [3.8, 4) is 0 Å². The lowest BCUT2D eigenvalue weighted by atomic mass is 9.95. The van der Waals surface area contributed by atoms with Crippen molar-refractivity contribution in [2.75, 3.05) is 26.5 Å². The topological polar surface area (TPSA) is 215 Å². The summed E-state index contributed by atoms with van der Waals surface area (Å²) in [6.45, 7) is 6.30. The summed E-state index contributed by atoms with van der Waals surface area (Å²) in [6, 6.07) is 0. The SMILES string of the molecule is CO[C@H]1O[C@H](CN2C(=O)CS[C@H]2C2O[C@H](OC)[C@H](OC(C)=O)[C@@H](OC(C)=O)[C@@H]2OC(C)=O)[C@@H](OC(C)=O)[C@H](OC(C)=O)[C@H]1OC(C)=O. The Hall–Kier alpha value is -3.52. The Morgan fingerprint density at radius 3 is 1.45 bits per heavy atom. The van der Waals surface area contributed by atoms with Gasteiger partial charge >= 0.3 is 35.8 Å². The van der Waals surface area contributed by atoms with Crippen LogP contribution in [0.3, 0.4) is 0 Å². The van der Waals surface area contributed by atoms with E-state index in [2.05, 4.69) is 0 Å². The highest BCUT2D eigenvalue weighted by atomic mass is 32.2. The molecule has 3 heterocycles. The molecule has 3 fully saturated rings. The standard InChI is InChI=1S/C28H39NO17S/c1-11(30)39-19-17(45-27(37-7)24(43-15(5)34)20(19)40-12(2)31)9-29-18(36)10-47-26(29)23-21(41-13(3)32)22(42-14(4)33)25(44-16(6)35)28(38-8)46-23/h17,19-28H,9-10H2,1-8H3/t17-,19-,20+,21+,22+,23?,24-,25-,26+,27+,28+/m1/s1. The van der Waals surface area contributed by atoms with E-state index in [9.17, 15) is 33.6 Å². The number of hydrogen-bond donors (Lipinski definition) is 0. The van der Waals surface area contributed by atoms with Crippen LogP contribution in [0.1, 0.15) is 41.5 Å². The molecule has 0 bridgehead atoms. The molecular formula is C28H39NO17S. The van der Waals surface area contributed by atoms with Gasteiger partial charge in [0.1, 0.15) is 17.6 Å². The fourth-order valence-electron chi connectivity index (χ4n) is 5.56. The second kappa shape index (κ2) is 16.5. The van der Waals surface area contributed by atoms with Gasteiger partial charge in [0.05, 0.1) is 12.3 Å². The maximum Gasteiger partial charge on any atom is 0.303 e. The second-order valence-corrected chi connectivity index (χ2v) is 11.8. The molecule has 19 heteroatoms. The first-order valence-electron chi connectivity index (χ1n) is 14.4. The van der Waals surface area contributed by atoms with Crippen LogP contribution in [0, 0.1) is 0 Å². The molecule has 11 atom stereocenters. The first-order chi connectivity index (χ1) is 22.1. The first kappa shape index (κ1) is 37.9. The molecule has 0 saturated carbocycles. The second-order valence-electron chi connectivity index (χ2n) is 10.7. The van der Waals surface area contributed by atoms with Crippen molar-refractivity contribution in [3.05, 3.63) is 0 Å². The summed E-state index contributed by atoms with van der Waals surface area (Å²) in [5.74, 6) is -5.27. The van der Waals surface area contributed by atoms with Gasteiger partial charge in [-0.15, -0.1) is 11.8 Å². The highest BCUT2D eigenvalue weighted by Gasteiger charge is 2.58. The van der Waals surface area contributed by atoms with Gasteiger partial charge in [-0.3, -0.25) is 33.6 Å². The maximum atomic E-state index is 13.4. The third-order valence-electron chi connectivity index (χ3n) is 7.06. The van der Waals surface area contributed by atoms with Crippen molar-refractivity contribution >= 4 is 53.5 Å². The van der Waals surface area contributed by atoms with Gasteiger partial charge in [-0.2, -0.15) is 0 Å². The number of rotatable bonds is 11. The molecule has 1 amide bonds. The Balaban J connectivity index is 2.05. The fraction of sp³-hybridized carbons (Fsp3) is 0.750. The van der Waals surface area contributed by atoms with Crippen molar-refractivity contribution in [2.24, 2.45) is 0 Å². The largest absolute Gasteiger partial charge is 0.456 e. The minimum atomic E-state index is -1.42. The van der Waals surface area contributed by atoms with Gasteiger partial charge in [-0.1, -0.05) is 0 Å². The lowest BCUT2D eigenvalue weighted by Gasteiger charge is -2.48. The van der Waals surface area contributed by atoms with E-state index in [1.807, 2.05) is 0 Å². The molecule has 264 valence electrons. The van der Waals surface area contributed by atoms with E-state index in [-0.39, 0.29) is 12.3 Å². The summed E-state index contributed by atoms with van der Waals surface area (Å²) in [7, 11) is 2.49. The monoisotopic (exact) mass is 693 g/mol. The Kier molecular flexibility index (Phi) is 13.3. The van der Waals surface area contributed by atoms with E-state index in [0.717, 1.165) is 53.3 Å². The summed E-state index contributed by atoms with van der Waals surface area (Å²) in [6.07, 6.45) is -13.5. The zero-order valence-electron chi connectivity index (χ0n) is 27.1. The summed E-state index contributed by atoms with van der Waals surface area (Å²) in [5.41, 5.74) is 0. The predicted molar refractivity (Wildman–Crippen MR) is 153 cm³/mol. The lowest BCUT2D eigenvalue weighted by molar-refractivity contribution is -0.306. The number of carbonyl (C=O) groups is 7. The summed E-state index contributed by atoms with van der Waals surface area (Å²) in [4.78, 5) is 87.4. The van der Waals surface area contributed by atoms with Crippen LogP contribution in [-0.4, -0.2) is 140 Å². The van der Waals surface area contributed by atoms with Crippen molar-refractivity contribution in [3.63, 3.8) is 0 Å². The molecule has 0 spiro atoms. The number of methoxy groups -OCH3 is 2. The number of carbonyl (C=O) groups excluding carboxylic acids is 7. The average Bonchev–Trinajstić information content (AvgIpc) is 3.31. The molecule has 0 aromatic rings. The van der Waals surface area contributed by atoms with Crippen LogP contribution < -0.4 is 0 Å². The minimum absolute atomic E-state index is 0.0946. The van der Waals surface area contributed by atoms with E-state index in [0.29, 0.717) is 0 Å². The zero-order valence-corrected chi connectivity index (χ0v) is 27.9. The molecular weight excluding hydrogens is 654 g/mol. The molecule has 0 radical (unpaired) electrons. The van der Waals surface area contributed by atoms with Crippen LogP contribution in [-0.2, 0) is 80.9 Å². The number of hydrogen-bond acceptors (Lipinski definition) is 18. The van der Waals surface area contributed by atoms with Gasteiger partial charge in [0.2, 0.25) is 5.91 Å². The van der Waals surface area contributed by atoms with E-state index in [4.69, 9.17) is 47.4 Å². The number of amides is 1. The molecule has 0 N–H and O–H groups in total. The van der Waals surface area contributed by atoms with Gasteiger partial charge in [-0.05, 0) is 0 Å². The van der Waals surface area contributed by atoms with Gasteiger partial charge in [-0.25, -0.2) is 0 Å². The van der Waals surface area contributed by atoms with E-state index < -0.39 is 109 Å². The Morgan fingerprint density at radius 2 is 1.00 bits per heavy atom. The Bertz CT molecular complexity index is 1210. The molecule has 18 nitrogen and oxygen atoms in total. The van der Waals surface area contributed by atoms with Gasteiger partial charge in [0.25, 0.3) is 0 Å².